The molecular formula is C14H12N2O4S. The van der Waals surface area contributed by atoms with E-state index in [1.807, 2.05) is 0 Å². The highest BCUT2D eigenvalue weighted by atomic mass is 32.1. The Morgan fingerprint density at radius 1 is 1.57 bits per heavy atom. The number of rotatable bonds is 4. The monoisotopic (exact) mass is 304 g/mol. The van der Waals surface area contributed by atoms with Crippen LogP contribution >= 0.6 is 11.3 Å². The van der Waals surface area contributed by atoms with Gasteiger partial charge >= 0.3 is 5.97 Å². The van der Waals surface area contributed by atoms with Crippen LogP contribution in [-0.4, -0.2) is 20.6 Å². The topological polar surface area (TPSA) is 85.3 Å². The first kappa shape index (κ1) is 13.6. The fourth-order valence-corrected chi connectivity index (χ4v) is 3.16. The number of aliphatic carboxylic acids is 1. The van der Waals surface area contributed by atoms with E-state index in [9.17, 15) is 14.7 Å². The van der Waals surface area contributed by atoms with E-state index in [0.717, 1.165) is 0 Å². The van der Waals surface area contributed by atoms with Crippen molar-refractivity contribution in [2.45, 2.75) is 19.4 Å². The Balaban J connectivity index is 2.27. The number of carboxylic acids is 1. The fraction of sp³-hybridized carbons (Fsp3) is 0.214. The predicted octanol–water partition coefficient (Wildman–Crippen LogP) is 2.75. The minimum Gasteiger partial charge on any atom is -0.480 e. The highest BCUT2D eigenvalue weighted by molar-refractivity contribution is 7.17. The number of carbonyl (C=O) groups is 1. The number of hydrogen-bond acceptors (Lipinski definition) is 5. The molecule has 3 heterocycles. The third kappa shape index (κ3) is 2.15. The minimum atomic E-state index is -1.05. The summed E-state index contributed by atoms with van der Waals surface area (Å²) in [6.07, 6.45) is 3.14. The first-order valence-corrected chi connectivity index (χ1v) is 7.26. The molecule has 0 saturated carbocycles. The molecule has 1 N–H and O–H groups in total. The number of furan rings is 1. The number of carboxylic acid groups (broad SMARTS) is 1. The van der Waals surface area contributed by atoms with Crippen molar-refractivity contribution in [2.24, 2.45) is 0 Å². The van der Waals surface area contributed by atoms with E-state index in [-0.39, 0.29) is 5.56 Å². The van der Waals surface area contributed by atoms with Gasteiger partial charge in [0.2, 0.25) is 0 Å². The van der Waals surface area contributed by atoms with Crippen molar-refractivity contribution in [1.29, 1.82) is 0 Å². The highest BCUT2D eigenvalue weighted by Crippen LogP contribution is 2.31. The molecule has 1 atom stereocenters. The second-order valence-electron chi connectivity index (χ2n) is 4.53. The number of aromatic nitrogens is 2. The van der Waals surface area contributed by atoms with Crippen LogP contribution in [0.2, 0.25) is 0 Å². The minimum absolute atomic E-state index is 0.308. The lowest BCUT2D eigenvalue weighted by molar-refractivity contribution is -0.141. The molecule has 6 nitrogen and oxygen atoms in total. The average molecular weight is 304 g/mol. The van der Waals surface area contributed by atoms with Gasteiger partial charge in [-0.05, 0) is 18.6 Å². The van der Waals surface area contributed by atoms with E-state index in [1.54, 1.807) is 24.4 Å². The normalized spacial score (nSPS) is 12.6. The predicted molar refractivity (Wildman–Crippen MR) is 78.5 cm³/mol. The molecule has 0 spiro atoms. The van der Waals surface area contributed by atoms with Gasteiger partial charge in [-0.2, -0.15) is 0 Å². The highest BCUT2D eigenvalue weighted by Gasteiger charge is 2.22. The average Bonchev–Trinajstić information content (AvgIpc) is 3.09. The Labute approximate surface area is 123 Å². The maximum absolute atomic E-state index is 12.6. The molecule has 0 amide bonds. The Bertz CT molecular complexity index is 848. The summed E-state index contributed by atoms with van der Waals surface area (Å²) < 4.78 is 6.50. The van der Waals surface area contributed by atoms with Gasteiger partial charge < -0.3 is 9.52 Å². The quantitative estimate of drug-likeness (QED) is 0.801. The molecule has 3 aromatic rings. The zero-order valence-corrected chi connectivity index (χ0v) is 12.0. The number of thiophene rings is 1. The van der Waals surface area contributed by atoms with Crippen molar-refractivity contribution >= 4 is 27.5 Å². The lowest BCUT2D eigenvalue weighted by atomic mass is 10.2. The lowest BCUT2D eigenvalue weighted by Gasteiger charge is -2.12. The van der Waals surface area contributed by atoms with Crippen LogP contribution in [0.5, 0.6) is 0 Å². The Hall–Kier alpha value is -2.41. The van der Waals surface area contributed by atoms with Crippen LogP contribution < -0.4 is 5.56 Å². The van der Waals surface area contributed by atoms with Gasteiger partial charge in [-0.15, -0.1) is 11.3 Å². The molecule has 21 heavy (non-hydrogen) atoms. The molecule has 3 aromatic heterocycles. The van der Waals surface area contributed by atoms with Crippen LogP contribution in [-0.2, 0) is 4.79 Å². The SMILES string of the molecule is CCC(C(=O)O)n1cnc2scc(-c3ccco3)c2c1=O. The largest absolute Gasteiger partial charge is 0.480 e. The second-order valence-corrected chi connectivity index (χ2v) is 5.38. The number of fused-ring (bicyclic) bond motifs is 1. The molecule has 0 aromatic carbocycles. The van der Waals surface area contributed by atoms with E-state index >= 15 is 0 Å². The van der Waals surface area contributed by atoms with Crippen LogP contribution in [0, 0.1) is 0 Å². The van der Waals surface area contributed by atoms with Gasteiger partial charge in [0.05, 0.1) is 18.0 Å². The van der Waals surface area contributed by atoms with E-state index < -0.39 is 12.0 Å². The molecule has 0 aliphatic heterocycles. The summed E-state index contributed by atoms with van der Waals surface area (Å²) in [5.41, 5.74) is 0.286. The Morgan fingerprint density at radius 2 is 2.38 bits per heavy atom. The van der Waals surface area contributed by atoms with Crippen molar-refractivity contribution < 1.29 is 14.3 Å². The van der Waals surface area contributed by atoms with Crippen LogP contribution in [0.4, 0.5) is 0 Å². The summed E-state index contributed by atoms with van der Waals surface area (Å²) in [4.78, 5) is 28.7. The van der Waals surface area contributed by atoms with Crippen molar-refractivity contribution in [1.82, 2.24) is 9.55 Å². The van der Waals surface area contributed by atoms with Gasteiger partial charge in [0.1, 0.15) is 16.6 Å². The van der Waals surface area contributed by atoms with Gasteiger partial charge in [-0.25, -0.2) is 9.78 Å². The summed E-state index contributed by atoms with van der Waals surface area (Å²) in [5, 5.41) is 11.4. The van der Waals surface area contributed by atoms with Gasteiger partial charge in [0, 0.05) is 10.9 Å². The maximum atomic E-state index is 12.6. The molecular weight excluding hydrogens is 292 g/mol. The van der Waals surface area contributed by atoms with Crippen LogP contribution in [0.15, 0.2) is 39.3 Å². The summed E-state index contributed by atoms with van der Waals surface area (Å²) in [6, 6.07) is 2.57. The van der Waals surface area contributed by atoms with Crippen molar-refractivity contribution in [2.75, 3.05) is 0 Å². The van der Waals surface area contributed by atoms with Crippen LogP contribution in [0.25, 0.3) is 21.5 Å². The standard InChI is InChI=1S/C14H12N2O4S/c1-2-9(14(18)19)16-7-15-12-11(13(16)17)8(6-21-12)10-4-3-5-20-10/h3-7,9H,2H2,1H3,(H,18,19). The molecule has 7 heteroatoms. The molecule has 0 saturated heterocycles. The summed E-state index contributed by atoms with van der Waals surface area (Å²) >= 11 is 1.33. The molecule has 0 aliphatic rings. The van der Waals surface area contributed by atoms with Gasteiger partial charge in [0.25, 0.3) is 5.56 Å². The Kier molecular flexibility index (Phi) is 3.34. The third-order valence-electron chi connectivity index (χ3n) is 3.31. The first-order valence-electron chi connectivity index (χ1n) is 6.38. The Morgan fingerprint density at radius 3 is 3.00 bits per heavy atom. The van der Waals surface area contributed by atoms with Crippen molar-refractivity contribution in [3.05, 3.63) is 40.5 Å². The zero-order chi connectivity index (χ0) is 15.0. The lowest BCUT2D eigenvalue weighted by Crippen LogP contribution is -2.29. The van der Waals surface area contributed by atoms with E-state index in [1.165, 1.54) is 28.5 Å². The molecule has 0 fully saturated rings. The third-order valence-corrected chi connectivity index (χ3v) is 4.20. The number of hydrogen-bond donors (Lipinski definition) is 1. The molecule has 0 bridgehead atoms. The van der Waals surface area contributed by atoms with E-state index in [2.05, 4.69) is 4.98 Å². The maximum Gasteiger partial charge on any atom is 0.326 e. The molecule has 0 aliphatic carbocycles. The molecule has 108 valence electrons. The van der Waals surface area contributed by atoms with Crippen LogP contribution in [0.1, 0.15) is 19.4 Å². The summed E-state index contributed by atoms with van der Waals surface area (Å²) in [5.74, 6) is -0.475. The van der Waals surface area contributed by atoms with E-state index in [0.29, 0.717) is 28.0 Å². The van der Waals surface area contributed by atoms with E-state index in [4.69, 9.17) is 4.42 Å². The molecule has 3 rings (SSSR count). The molecule has 0 radical (unpaired) electrons. The van der Waals surface area contributed by atoms with Crippen molar-refractivity contribution in [3.8, 4) is 11.3 Å². The van der Waals surface area contributed by atoms with Gasteiger partial charge in [0.15, 0.2) is 0 Å². The zero-order valence-electron chi connectivity index (χ0n) is 11.1. The number of nitrogens with zero attached hydrogens (tertiary/aromatic N) is 2. The van der Waals surface area contributed by atoms with Crippen molar-refractivity contribution in [3.63, 3.8) is 0 Å². The second kappa shape index (κ2) is 5.17. The van der Waals surface area contributed by atoms with Gasteiger partial charge in [-0.3, -0.25) is 9.36 Å². The van der Waals surface area contributed by atoms with Gasteiger partial charge in [-0.1, -0.05) is 6.92 Å². The summed E-state index contributed by atoms with van der Waals surface area (Å²) in [6.45, 7) is 1.72. The summed E-state index contributed by atoms with van der Waals surface area (Å²) in [7, 11) is 0. The smallest absolute Gasteiger partial charge is 0.326 e. The first-order chi connectivity index (χ1) is 10.1. The molecule has 1 unspecified atom stereocenters. The van der Waals surface area contributed by atoms with Crippen LogP contribution in [0.3, 0.4) is 0 Å². The fourth-order valence-electron chi connectivity index (χ4n) is 2.27.